The van der Waals surface area contributed by atoms with Gasteiger partial charge in [-0.1, -0.05) is 6.92 Å². The summed E-state index contributed by atoms with van der Waals surface area (Å²) in [4.78, 5) is 21.1. The fourth-order valence-electron chi connectivity index (χ4n) is 5.46. The van der Waals surface area contributed by atoms with E-state index in [1.54, 1.807) is 12.3 Å². The van der Waals surface area contributed by atoms with Gasteiger partial charge >= 0.3 is 16.6 Å². The molecule has 1 amide bonds. The Morgan fingerprint density at radius 2 is 1.97 bits per heavy atom. The molecule has 2 aromatic rings. The first kappa shape index (κ1) is 28.9. The van der Waals surface area contributed by atoms with Crippen molar-refractivity contribution in [2.24, 2.45) is 5.92 Å². The van der Waals surface area contributed by atoms with E-state index in [1.165, 1.54) is 24.1 Å². The first-order chi connectivity index (χ1) is 18.1. The number of carbonyl (C=O) groups is 1. The molecule has 14 heteroatoms. The highest BCUT2D eigenvalue weighted by Crippen LogP contribution is 2.37. The molecule has 0 aliphatic carbocycles. The minimum atomic E-state index is -5.10. The zero-order valence-electron chi connectivity index (χ0n) is 22.0. The van der Waals surface area contributed by atoms with Crippen LogP contribution >= 0.6 is 0 Å². The van der Waals surface area contributed by atoms with Gasteiger partial charge in [0.1, 0.15) is 5.82 Å². The van der Waals surface area contributed by atoms with E-state index in [-0.39, 0.29) is 23.3 Å². The van der Waals surface area contributed by atoms with E-state index in [4.69, 9.17) is 0 Å². The Kier molecular flexibility index (Phi) is 7.74. The van der Waals surface area contributed by atoms with Crippen LogP contribution in [0.4, 0.5) is 29.1 Å². The summed E-state index contributed by atoms with van der Waals surface area (Å²) in [5, 5.41) is 0. The fourth-order valence-corrected chi connectivity index (χ4v) is 6.85. The van der Waals surface area contributed by atoms with Crippen molar-refractivity contribution in [2.45, 2.75) is 58.1 Å². The molecule has 2 saturated heterocycles. The number of anilines is 2. The molecule has 2 aliphatic heterocycles. The second-order valence-corrected chi connectivity index (χ2v) is 12.2. The minimum Gasteiger partial charge on any atom is -0.403 e. The third kappa shape index (κ3) is 6.21. The summed E-state index contributed by atoms with van der Waals surface area (Å²) in [5.74, 6) is -2.34. The van der Waals surface area contributed by atoms with Gasteiger partial charge in [0.05, 0.1) is 11.7 Å². The lowest BCUT2D eigenvalue weighted by atomic mass is 9.97. The topological polar surface area (TPSA) is 95.1 Å². The molecule has 0 saturated carbocycles. The van der Waals surface area contributed by atoms with Crippen LogP contribution in [0.2, 0.25) is 0 Å². The Balaban J connectivity index is 1.56. The molecule has 0 spiro atoms. The molecule has 3 heterocycles. The van der Waals surface area contributed by atoms with Gasteiger partial charge in [0.2, 0.25) is 0 Å². The van der Waals surface area contributed by atoms with E-state index >= 15 is 0 Å². The van der Waals surface area contributed by atoms with Crippen molar-refractivity contribution >= 4 is 27.6 Å². The van der Waals surface area contributed by atoms with E-state index in [0.717, 1.165) is 22.9 Å². The summed E-state index contributed by atoms with van der Waals surface area (Å²) < 4.78 is 85.7. The Morgan fingerprint density at radius 1 is 1.26 bits per heavy atom. The summed E-state index contributed by atoms with van der Waals surface area (Å²) in [5.41, 5.74) is -0.0669. The maximum atomic E-state index is 13.9. The van der Waals surface area contributed by atoms with Gasteiger partial charge < -0.3 is 14.5 Å². The number of halogens is 4. The molecule has 0 radical (unpaired) electrons. The lowest BCUT2D eigenvalue weighted by Gasteiger charge is -2.34. The van der Waals surface area contributed by atoms with E-state index in [9.17, 15) is 30.8 Å². The first-order valence-corrected chi connectivity index (χ1v) is 13.9. The van der Waals surface area contributed by atoms with Crippen molar-refractivity contribution in [3.63, 3.8) is 0 Å². The third-order valence-corrected chi connectivity index (χ3v) is 8.55. The quantitative estimate of drug-likeness (QED) is 0.495. The second-order valence-electron chi connectivity index (χ2n) is 10.6. The van der Waals surface area contributed by atoms with Crippen LogP contribution in [0.25, 0.3) is 0 Å². The molecule has 1 N–H and O–H groups in total. The number of rotatable bonds is 7. The zero-order chi connectivity index (χ0) is 28.8. The molecular formula is C25H31F4N5O4S. The number of alkyl halides is 3. The monoisotopic (exact) mass is 573 g/mol. The van der Waals surface area contributed by atoms with Crippen LogP contribution in [0, 0.1) is 11.7 Å². The Bertz CT molecular complexity index is 1340. The first-order valence-electron chi connectivity index (χ1n) is 12.4. The molecule has 2 fully saturated rings. The zero-order valence-corrected chi connectivity index (χ0v) is 22.8. The van der Waals surface area contributed by atoms with Crippen LogP contribution in [0.5, 0.6) is 5.75 Å². The molecule has 1 unspecified atom stereocenters. The minimum absolute atomic E-state index is 0.0707. The summed E-state index contributed by atoms with van der Waals surface area (Å²) in [6.07, 6.45) is -2.75. The maximum Gasteiger partial charge on any atom is 0.573 e. The van der Waals surface area contributed by atoms with Crippen LogP contribution in [0.1, 0.15) is 50.4 Å². The third-order valence-electron chi connectivity index (χ3n) is 7.06. The fraction of sp³-hybridized carbons (Fsp3) is 0.520. The van der Waals surface area contributed by atoms with Crippen LogP contribution in [-0.4, -0.2) is 61.8 Å². The van der Waals surface area contributed by atoms with Crippen LogP contribution in [-0.2, 0) is 10.2 Å². The van der Waals surface area contributed by atoms with Crippen LogP contribution < -0.4 is 19.3 Å². The van der Waals surface area contributed by atoms with Crippen molar-refractivity contribution in [3.05, 3.63) is 47.9 Å². The number of carbonyl (C=O) groups excluding carboxylic acids is 1. The van der Waals surface area contributed by atoms with Gasteiger partial charge in [-0.3, -0.25) is 4.79 Å². The van der Waals surface area contributed by atoms with E-state index in [0.29, 0.717) is 31.1 Å². The second kappa shape index (κ2) is 10.5. The highest BCUT2D eigenvalue weighted by atomic mass is 32.2. The molecule has 1 aromatic heterocycles. The van der Waals surface area contributed by atoms with Gasteiger partial charge in [0, 0.05) is 43.6 Å². The van der Waals surface area contributed by atoms with Gasteiger partial charge in [-0.15, -0.1) is 13.2 Å². The van der Waals surface area contributed by atoms with Gasteiger partial charge in [-0.2, -0.15) is 12.7 Å². The predicted octanol–water partition coefficient (Wildman–Crippen LogP) is 4.28. The maximum absolute atomic E-state index is 13.9. The number of nitrogens with one attached hydrogen (secondary N) is 1. The highest BCUT2D eigenvalue weighted by Gasteiger charge is 2.41. The number of pyridine rings is 1. The number of amides is 1. The predicted molar refractivity (Wildman–Crippen MR) is 137 cm³/mol. The van der Waals surface area contributed by atoms with Gasteiger partial charge in [0.15, 0.2) is 11.6 Å². The van der Waals surface area contributed by atoms with Crippen LogP contribution in [0.3, 0.4) is 0 Å². The van der Waals surface area contributed by atoms with Crippen LogP contribution in [0.15, 0.2) is 36.5 Å². The largest absolute Gasteiger partial charge is 0.573 e. The highest BCUT2D eigenvalue weighted by molar-refractivity contribution is 7.87. The summed E-state index contributed by atoms with van der Waals surface area (Å²) in [7, 11) is -2.90. The van der Waals surface area contributed by atoms with Crippen molar-refractivity contribution in [2.75, 3.05) is 29.9 Å². The molecule has 214 valence electrons. The molecule has 2 aliphatic rings. The van der Waals surface area contributed by atoms with E-state index in [1.807, 2.05) is 18.7 Å². The Morgan fingerprint density at radius 3 is 2.62 bits per heavy atom. The smallest absolute Gasteiger partial charge is 0.403 e. The SMILES string of the molecule is C[C@@H]1CN(c2ncccc2C(=O)NS(=O)(=O)N2CCCC2N(C)c2ccc(F)c(OC(F)(F)F)c2)C(C)(C)C1. The van der Waals surface area contributed by atoms with Gasteiger partial charge in [-0.25, -0.2) is 14.1 Å². The number of ether oxygens (including phenoxy) is 1. The Hall–Kier alpha value is -3.13. The molecule has 4 rings (SSSR count). The molecular weight excluding hydrogens is 542 g/mol. The van der Waals surface area contributed by atoms with Crippen molar-refractivity contribution in [1.29, 1.82) is 0 Å². The molecule has 39 heavy (non-hydrogen) atoms. The molecule has 9 nitrogen and oxygen atoms in total. The average Bonchev–Trinajstić information content (AvgIpc) is 3.43. The lowest BCUT2D eigenvalue weighted by molar-refractivity contribution is -0.275. The number of hydrogen-bond acceptors (Lipinski definition) is 7. The standard InChI is InChI=1S/C25H31F4N5O4S/c1-16-14-24(2,3)33(15-16)22-18(7-5-11-30-22)23(35)31-39(36,37)34-12-6-8-21(34)32(4)17-9-10-19(26)20(13-17)38-25(27,28)29/h5,7,9-11,13,16,21H,6,8,12,14-15H2,1-4H3,(H,31,35)/t16-,21?/m0/s1. The lowest BCUT2D eigenvalue weighted by Crippen LogP contribution is -2.51. The summed E-state index contributed by atoms with van der Waals surface area (Å²) in [6.45, 7) is 6.90. The Labute approximate surface area is 224 Å². The van der Waals surface area contributed by atoms with Gasteiger partial charge in [0.25, 0.3) is 5.91 Å². The number of benzene rings is 1. The molecule has 2 atom stereocenters. The summed E-state index contributed by atoms with van der Waals surface area (Å²) in [6, 6.07) is 5.96. The van der Waals surface area contributed by atoms with Crippen molar-refractivity contribution in [1.82, 2.24) is 14.0 Å². The summed E-state index contributed by atoms with van der Waals surface area (Å²) >= 11 is 0. The van der Waals surface area contributed by atoms with Crippen molar-refractivity contribution in [3.8, 4) is 5.75 Å². The van der Waals surface area contributed by atoms with E-state index < -0.39 is 40.2 Å². The molecule has 0 bridgehead atoms. The average molecular weight is 574 g/mol. The van der Waals surface area contributed by atoms with Gasteiger partial charge in [-0.05, 0) is 63.3 Å². The van der Waals surface area contributed by atoms with E-state index in [2.05, 4.69) is 21.4 Å². The normalized spacial score (nSPS) is 21.7. The number of nitrogens with zero attached hydrogens (tertiary/aromatic N) is 4. The molecule has 1 aromatic carbocycles. The number of hydrogen-bond donors (Lipinski definition) is 1. The number of aromatic nitrogens is 1. The van der Waals surface area contributed by atoms with Crippen molar-refractivity contribution < 1.29 is 35.5 Å².